The van der Waals surface area contributed by atoms with Crippen molar-refractivity contribution in [2.24, 2.45) is 5.16 Å². The summed E-state index contributed by atoms with van der Waals surface area (Å²) >= 11 is 0. The van der Waals surface area contributed by atoms with E-state index < -0.39 is 0 Å². The van der Waals surface area contributed by atoms with Crippen LogP contribution < -0.4 is 4.74 Å². The normalized spacial score (nSPS) is 11.3. The minimum Gasteiger partial charge on any atom is -0.497 e. The van der Waals surface area contributed by atoms with Crippen LogP contribution in [0.25, 0.3) is 11.0 Å². The third kappa shape index (κ3) is 2.90. The summed E-state index contributed by atoms with van der Waals surface area (Å²) in [5.41, 5.74) is 3.84. The van der Waals surface area contributed by atoms with Crippen LogP contribution in [0.2, 0.25) is 0 Å². The number of fused-ring (bicyclic) bond motifs is 1. The summed E-state index contributed by atoms with van der Waals surface area (Å²) in [6, 6.07) is 9.86. The molecule has 0 aliphatic heterocycles. The zero-order chi connectivity index (χ0) is 15.4. The van der Waals surface area contributed by atoms with Crippen LogP contribution in [0.4, 0.5) is 0 Å². The van der Waals surface area contributed by atoms with Gasteiger partial charge in [-0.15, -0.1) is 5.16 Å². The molecule has 1 N–H and O–H groups in total. The van der Waals surface area contributed by atoms with Crippen molar-refractivity contribution in [2.45, 2.75) is 13.0 Å². The van der Waals surface area contributed by atoms with E-state index in [1.54, 1.807) is 19.6 Å². The van der Waals surface area contributed by atoms with Crippen LogP contribution in [0.3, 0.4) is 0 Å². The molecule has 0 saturated carbocycles. The third-order valence-electron chi connectivity index (χ3n) is 3.46. The summed E-state index contributed by atoms with van der Waals surface area (Å²) in [6.07, 6.45) is 5.49. The van der Waals surface area contributed by atoms with Gasteiger partial charge < -0.3 is 14.5 Å². The Bertz CT molecular complexity index is 794. The van der Waals surface area contributed by atoms with Crippen molar-refractivity contribution in [1.29, 1.82) is 0 Å². The van der Waals surface area contributed by atoms with E-state index in [9.17, 15) is 0 Å². The van der Waals surface area contributed by atoms with Crippen molar-refractivity contribution < 1.29 is 9.94 Å². The van der Waals surface area contributed by atoms with Gasteiger partial charge in [-0.3, -0.25) is 4.98 Å². The van der Waals surface area contributed by atoms with E-state index in [0.717, 1.165) is 34.6 Å². The smallest absolute Gasteiger partial charge is 0.118 e. The first kappa shape index (κ1) is 14.1. The van der Waals surface area contributed by atoms with Crippen LogP contribution in [-0.4, -0.2) is 33.1 Å². The molecule has 3 rings (SSSR count). The standard InChI is InChI=1S/C16H16N4O2/c1-22-14-4-2-12(3-5-14)10-20-11-18-15-8-13(6-7-19-21)17-9-16(15)20/h2-5,7-9,11,21H,6,10H2,1H3. The predicted molar refractivity (Wildman–Crippen MR) is 83.6 cm³/mol. The minimum atomic E-state index is 0.484. The third-order valence-corrected chi connectivity index (χ3v) is 3.46. The summed E-state index contributed by atoms with van der Waals surface area (Å²) in [7, 11) is 1.66. The lowest BCUT2D eigenvalue weighted by Gasteiger charge is -2.06. The van der Waals surface area contributed by atoms with E-state index >= 15 is 0 Å². The van der Waals surface area contributed by atoms with Gasteiger partial charge in [-0.1, -0.05) is 12.1 Å². The summed E-state index contributed by atoms with van der Waals surface area (Å²) < 4.78 is 7.21. The number of aromatic nitrogens is 3. The quantitative estimate of drug-likeness (QED) is 0.446. The zero-order valence-corrected chi connectivity index (χ0v) is 12.2. The Morgan fingerprint density at radius 2 is 2.09 bits per heavy atom. The Morgan fingerprint density at radius 1 is 1.27 bits per heavy atom. The van der Waals surface area contributed by atoms with Gasteiger partial charge in [0.15, 0.2) is 0 Å². The minimum absolute atomic E-state index is 0.484. The van der Waals surface area contributed by atoms with Crippen LogP contribution in [0, 0.1) is 0 Å². The second kappa shape index (κ2) is 6.26. The average Bonchev–Trinajstić information content (AvgIpc) is 2.96. The summed E-state index contributed by atoms with van der Waals surface area (Å²) in [5.74, 6) is 0.844. The fraction of sp³-hybridized carbons (Fsp3) is 0.188. The molecule has 0 aliphatic rings. The van der Waals surface area contributed by atoms with E-state index in [2.05, 4.69) is 15.1 Å². The fourth-order valence-corrected chi connectivity index (χ4v) is 2.30. The lowest BCUT2D eigenvalue weighted by Crippen LogP contribution is -1.99. The van der Waals surface area contributed by atoms with Gasteiger partial charge >= 0.3 is 0 Å². The first-order chi connectivity index (χ1) is 10.8. The Kier molecular flexibility index (Phi) is 4.00. The molecule has 6 nitrogen and oxygen atoms in total. The van der Waals surface area contributed by atoms with Crippen molar-refractivity contribution in [1.82, 2.24) is 14.5 Å². The maximum atomic E-state index is 8.46. The number of methoxy groups -OCH3 is 1. The molecule has 112 valence electrons. The first-order valence-corrected chi connectivity index (χ1v) is 6.88. The highest BCUT2D eigenvalue weighted by Gasteiger charge is 2.05. The molecule has 0 saturated heterocycles. The van der Waals surface area contributed by atoms with E-state index in [1.807, 2.05) is 34.9 Å². The maximum absolute atomic E-state index is 8.46. The molecule has 2 aromatic heterocycles. The number of imidazole rings is 1. The van der Waals surface area contributed by atoms with Gasteiger partial charge in [0.05, 0.1) is 30.7 Å². The van der Waals surface area contributed by atoms with Crippen LogP contribution in [0.1, 0.15) is 11.3 Å². The fourth-order valence-electron chi connectivity index (χ4n) is 2.30. The Labute approximate surface area is 127 Å². The van der Waals surface area contributed by atoms with Crippen LogP contribution >= 0.6 is 0 Å². The molecule has 0 bridgehead atoms. The number of pyridine rings is 1. The second-order valence-electron chi connectivity index (χ2n) is 4.89. The van der Waals surface area contributed by atoms with Gasteiger partial charge in [-0.25, -0.2) is 4.98 Å². The highest BCUT2D eigenvalue weighted by atomic mass is 16.5. The van der Waals surface area contributed by atoms with E-state index in [4.69, 9.17) is 9.94 Å². The number of nitrogens with zero attached hydrogens (tertiary/aromatic N) is 4. The van der Waals surface area contributed by atoms with Gasteiger partial charge in [0, 0.05) is 24.9 Å². The predicted octanol–water partition coefficient (Wildman–Crippen LogP) is 2.49. The van der Waals surface area contributed by atoms with Crippen molar-refractivity contribution in [2.75, 3.05) is 7.11 Å². The Hall–Kier alpha value is -2.89. The highest BCUT2D eigenvalue weighted by molar-refractivity contribution is 5.75. The van der Waals surface area contributed by atoms with Crippen LogP contribution in [-0.2, 0) is 13.0 Å². The highest BCUT2D eigenvalue weighted by Crippen LogP contribution is 2.17. The average molecular weight is 296 g/mol. The van der Waals surface area contributed by atoms with E-state index in [-0.39, 0.29) is 0 Å². The molecule has 3 aromatic rings. The van der Waals surface area contributed by atoms with Crippen LogP contribution in [0.5, 0.6) is 5.75 Å². The van der Waals surface area contributed by atoms with Crippen molar-refractivity contribution in [3.8, 4) is 5.75 Å². The summed E-state index contributed by atoms with van der Waals surface area (Å²) in [4.78, 5) is 8.77. The molecular formula is C16H16N4O2. The van der Waals surface area contributed by atoms with E-state index in [0.29, 0.717) is 6.42 Å². The number of ether oxygens (including phenoxy) is 1. The monoisotopic (exact) mass is 296 g/mol. The molecule has 0 amide bonds. The van der Waals surface area contributed by atoms with Gasteiger partial charge in [-0.2, -0.15) is 0 Å². The van der Waals surface area contributed by atoms with Gasteiger partial charge in [0.25, 0.3) is 0 Å². The van der Waals surface area contributed by atoms with Gasteiger partial charge in [-0.05, 0) is 23.8 Å². The second-order valence-corrected chi connectivity index (χ2v) is 4.89. The number of oxime groups is 1. The van der Waals surface area contributed by atoms with Crippen molar-refractivity contribution in [3.63, 3.8) is 0 Å². The topological polar surface area (TPSA) is 72.5 Å². The Balaban J connectivity index is 1.84. The molecule has 0 radical (unpaired) electrons. The Morgan fingerprint density at radius 3 is 2.82 bits per heavy atom. The van der Waals surface area contributed by atoms with Crippen molar-refractivity contribution in [3.05, 3.63) is 54.1 Å². The molecule has 2 heterocycles. The molecule has 22 heavy (non-hydrogen) atoms. The first-order valence-electron chi connectivity index (χ1n) is 6.88. The number of hydrogen-bond acceptors (Lipinski definition) is 5. The SMILES string of the molecule is COc1ccc(Cn2cnc3cc(CC=NO)ncc32)cc1. The molecule has 0 fully saturated rings. The number of rotatable bonds is 5. The van der Waals surface area contributed by atoms with Crippen LogP contribution in [0.15, 0.2) is 48.0 Å². The number of hydrogen-bond donors (Lipinski definition) is 1. The molecule has 0 unspecified atom stereocenters. The summed E-state index contributed by atoms with van der Waals surface area (Å²) in [6.45, 7) is 0.722. The molecule has 0 aliphatic carbocycles. The largest absolute Gasteiger partial charge is 0.497 e. The van der Waals surface area contributed by atoms with Gasteiger partial charge in [0.2, 0.25) is 0 Å². The zero-order valence-electron chi connectivity index (χ0n) is 12.2. The molecule has 0 spiro atoms. The van der Waals surface area contributed by atoms with Gasteiger partial charge in [0.1, 0.15) is 5.75 Å². The lowest BCUT2D eigenvalue weighted by atomic mass is 10.2. The van der Waals surface area contributed by atoms with Crippen molar-refractivity contribution >= 4 is 17.2 Å². The molecule has 0 atom stereocenters. The van der Waals surface area contributed by atoms with E-state index in [1.165, 1.54) is 6.21 Å². The molecule has 1 aromatic carbocycles. The lowest BCUT2D eigenvalue weighted by molar-refractivity contribution is 0.320. The maximum Gasteiger partial charge on any atom is 0.118 e. The summed E-state index contributed by atoms with van der Waals surface area (Å²) in [5, 5.41) is 11.4. The molecule has 6 heteroatoms. The molecular weight excluding hydrogens is 280 g/mol. The number of benzene rings is 1.